The van der Waals surface area contributed by atoms with Crippen LogP contribution in [-0.4, -0.2) is 33.8 Å². The minimum atomic E-state index is -0.736. The van der Waals surface area contributed by atoms with E-state index in [4.69, 9.17) is 5.11 Å². The van der Waals surface area contributed by atoms with Crippen LogP contribution in [0.15, 0.2) is 0 Å². The molecule has 1 saturated heterocycles. The van der Waals surface area contributed by atoms with Gasteiger partial charge in [0.15, 0.2) is 0 Å². The Morgan fingerprint density at radius 3 is 2.42 bits per heavy atom. The van der Waals surface area contributed by atoms with Crippen molar-refractivity contribution in [2.75, 3.05) is 12.5 Å². The molecule has 1 unspecified atom stereocenters. The minimum absolute atomic E-state index is 0.0664. The molecule has 1 aliphatic rings. The summed E-state index contributed by atoms with van der Waals surface area (Å²) in [7, 11) is 0. The van der Waals surface area contributed by atoms with Gasteiger partial charge in [0.2, 0.25) is 0 Å². The van der Waals surface area contributed by atoms with E-state index in [1.54, 1.807) is 23.5 Å². The van der Waals surface area contributed by atoms with E-state index in [1.807, 2.05) is 12.5 Å². The Balaban J connectivity index is 2.58. The average Bonchev–Trinajstić information content (AvgIpc) is 2.49. The standard InChI is InChI=1S/C7H13NO2S2/c1-11-7(12-2)4-3-5(8-7)6(9)10/h5,8H,3-4H2,1-2H3,(H,9,10). The molecule has 1 rings (SSSR count). The van der Waals surface area contributed by atoms with Crippen molar-refractivity contribution in [2.45, 2.75) is 23.1 Å². The summed E-state index contributed by atoms with van der Waals surface area (Å²) in [4.78, 5) is 10.6. The lowest BCUT2D eigenvalue weighted by atomic mass is 10.2. The molecule has 3 nitrogen and oxygen atoms in total. The fraction of sp³-hybridized carbons (Fsp3) is 0.857. The molecule has 0 aliphatic carbocycles. The Labute approximate surface area is 80.7 Å². The highest BCUT2D eigenvalue weighted by Gasteiger charge is 2.40. The number of aliphatic carboxylic acids is 1. The molecular weight excluding hydrogens is 194 g/mol. The van der Waals surface area contributed by atoms with Crippen LogP contribution in [0.1, 0.15) is 12.8 Å². The first kappa shape index (κ1) is 10.2. The molecule has 70 valence electrons. The second kappa shape index (κ2) is 3.89. The molecule has 1 atom stereocenters. The number of carbonyl (C=O) groups is 1. The average molecular weight is 207 g/mol. The van der Waals surface area contributed by atoms with Crippen molar-refractivity contribution in [2.24, 2.45) is 0 Å². The van der Waals surface area contributed by atoms with Gasteiger partial charge >= 0.3 is 5.97 Å². The van der Waals surface area contributed by atoms with Crippen LogP contribution in [0.25, 0.3) is 0 Å². The second-order valence-electron chi connectivity index (χ2n) is 2.73. The molecule has 0 bridgehead atoms. The molecule has 0 spiro atoms. The van der Waals surface area contributed by atoms with Gasteiger partial charge in [-0.1, -0.05) is 0 Å². The minimum Gasteiger partial charge on any atom is -0.480 e. The SMILES string of the molecule is CSC1(SC)CCC(C(=O)O)N1. The molecule has 0 amide bonds. The summed E-state index contributed by atoms with van der Waals surface area (Å²) in [6, 6.07) is -0.357. The Morgan fingerprint density at radius 2 is 2.17 bits per heavy atom. The highest BCUT2D eigenvalue weighted by atomic mass is 32.2. The fourth-order valence-electron chi connectivity index (χ4n) is 1.33. The van der Waals surface area contributed by atoms with Gasteiger partial charge in [-0.15, -0.1) is 23.5 Å². The summed E-state index contributed by atoms with van der Waals surface area (Å²) in [5.74, 6) is -0.736. The van der Waals surface area contributed by atoms with E-state index in [9.17, 15) is 4.79 Å². The number of carboxylic acid groups (broad SMARTS) is 1. The monoisotopic (exact) mass is 207 g/mol. The van der Waals surface area contributed by atoms with Gasteiger partial charge < -0.3 is 5.11 Å². The molecular formula is C7H13NO2S2. The van der Waals surface area contributed by atoms with Crippen LogP contribution >= 0.6 is 23.5 Å². The third-order valence-corrected chi connectivity index (χ3v) is 5.08. The highest BCUT2D eigenvalue weighted by molar-refractivity contribution is 8.17. The Hall–Kier alpha value is 0.130. The summed E-state index contributed by atoms with van der Waals surface area (Å²) in [6.07, 6.45) is 5.67. The molecule has 12 heavy (non-hydrogen) atoms. The van der Waals surface area contributed by atoms with Crippen molar-refractivity contribution in [3.8, 4) is 0 Å². The van der Waals surface area contributed by atoms with Crippen LogP contribution in [0, 0.1) is 0 Å². The Bertz CT molecular complexity index is 182. The number of carboxylic acids is 1. The first-order chi connectivity index (χ1) is 5.63. The van der Waals surface area contributed by atoms with E-state index >= 15 is 0 Å². The van der Waals surface area contributed by atoms with E-state index in [2.05, 4.69) is 5.32 Å². The zero-order chi connectivity index (χ0) is 9.19. The van der Waals surface area contributed by atoms with E-state index in [0.717, 1.165) is 12.8 Å². The number of rotatable bonds is 3. The van der Waals surface area contributed by atoms with Crippen molar-refractivity contribution >= 4 is 29.5 Å². The van der Waals surface area contributed by atoms with Gasteiger partial charge in [0.1, 0.15) is 10.2 Å². The topological polar surface area (TPSA) is 49.3 Å². The van der Waals surface area contributed by atoms with Gasteiger partial charge in [-0.05, 0) is 25.4 Å². The lowest BCUT2D eigenvalue weighted by Crippen LogP contribution is -2.40. The van der Waals surface area contributed by atoms with Gasteiger partial charge in [-0.3, -0.25) is 10.1 Å². The number of hydrogen-bond acceptors (Lipinski definition) is 4. The van der Waals surface area contributed by atoms with E-state index < -0.39 is 5.97 Å². The second-order valence-corrected chi connectivity index (χ2v) is 5.20. The van der Waals surface area contributed by atoms with Gasteiger partial charge in [0, 0.05) is 0 Å². The molecule has 0 saturated carbocycles. The van der Waals surface area contributed by atoms with Crippen molar-refractivity contribution in [1.29, 1.82) is 0 Å². The summed E-state index contributed by atoms with van der Waals surface area (Å²) in [5.41, 5.74) is 0. The van der Waals surface area contributed by atoms with Crippen molar-refractivity contribution < 1.29 is 9.90 Å². The normalized spacial score (nSPS) is 27.3. The summed E-state index contributed by atoms with van der Waals surface area (Å²) in [6.45, 7) is 0. The van der Waals surface area contributed by atoms with Gasteiger partial charge in [0.05, 0.1) is 0 Å². The quantitative estimate of drug-likeness (QED) is 0.681. The van der Waals surface area contributed by atoms with Crippen molar-refractivity contribution in [1.82, 2.24) is 5.32 Å². The maximum atomic E-state index is 10.6. The first-order valence-electron chi connectivity index (χ1n) is 3.74. The molecule has 0 aromatic heterocycles. The van der Waals surface area contributed by atoms with Crippen LogP contribution in [0.4, 0.5) is 0 Å². The number of thioether (sulfide) groups is 2. The third kappa shape index (κ3) is 1.89. The van der Waals surface area contributed by atoms with Gasteiger partial charge in [-0.2, -0.15) is 0 Å². The largest absolute Gasteiger partial charge is 0.480 e. The third-order valence-electron chi connectivity index (χ3n) is 2.11. The van der Waals surface area contributed by atoms with Crippen LogP contribution < -0.4 is 5.32 Å². The highest BCUT2D eigenvalue weighted by Crippen LogP contribution is 2.40. The summed E-state index contributed by atoms with van der Waals surface area (Å²) in [5, 5.41) is 11.9. The molecule has 2 N–H and O–H groups in total. The fourth-order valence-corrected chi connectivity index (χ4v) is 3.17. The molecule has 5 heteroatoms. The molecule has 1 fully saturated rings. The summed E-state index contributed by atoms with van der Waals surface area (Å²) < 4.78 is -0.0664. The maximum absolute atomic E-state index is 10.6. The number of nitrogens with one attached hydrogen (secondary N) is 1. The predicted molar refractivity (Wildman–Crippen MR) is 53.6 cm³/mol. The zero-order valence-electron chi connectivity index (χ0n) is 7.16. The molecule has 0 aromatic carbocycles. The van der Waals surface area contributed by atoms with E-state index in [-0.39, 0.29) is 10.2 Å². The Morgan fingerprint density at radius 1 is 1.58 bits per heavy atom. The van der Waals surface area contributed by atoms with Crippen molar-refractivity contribution in [3.63, 3.8) is 0 Å². The number of hydrogen-bond donors (Lipinski definition) is 2. The van der Waals surface area contributed by atoms with Gasteiger partial charge in [-0.25, -0.2) is 0 Å². The van der Waals surface area contributed by atoms with E-state index in [0.29, 0.717) is 0 Å². The summed E-state index contributed by atoms with van der Waals surface area (Å²) >= 11 is 3.38. The molecule has 1 heterocycles. The maximum Gasteiger partial charge on any atom is 0.320 e. The van der Waals surface area contributed by atoms with Crippen molar-refractivity contribution in [3.05, 3.63) is 0 Å². The smallest absolute Gasteiger partial charge is 0.320 e. The lowest BCUT2D eigenvalue weighted by molar-refractivity contribution is -0.139. The molecule has 0 aromatic rings. The molecule has 1 aliphatic heterocycles. The van der Waals surface area contributed by atoms with Crippen LogP contribution in [0.3, 0.4) is 0 Å². The van der Waals surface area contributed by atoms with Crippen LogP contribution in [0.2, 0.25) is 0 Å². The molecule has 0 radical (unpaired) electrons. The zero-order valence-corrected chi connectivity index (χ0v) is 8.80. The van der Waals surface area contributed by atoms with Crippen LogP contribution in [-0.2, 0) is 4.79 Å². The Kier molecular flexibility index (Phi) is 3.31. The lowest BCUT2D eigenvalue weighted by Gasteiger charge is -2.25. The van der Waals surface area contributed by atoms with Crippen LogP contribution in [0.5, 0.6) is 0 Å². The first-order valence-corrected chi connectivity index (χ1v) is 6.19. The van der Waals surface area contributed by atoms with Gasteiger partial charge in [0.25, 0.3) is 0 Å². The van der Waals surface area contributed by atoms with E-state index in [1.165, 1.54) is 0 Å². The predicted octanol–water partition coefficient (Wildman–Crippen LogP) is 1.20.